The summed E-state index contributed by atoms with van der Waals surface area (Å²) < 4.78 is 4.80. The summed E-state index contributed by atoms with van der Waals surface area (Å²) in [5, 5.41) is 3.34. The Balaban J connectivity index is 2.81. The number of aryl methyl sites for hydroxylation is 3. The molecule has 0 spiro atoms. The second kappa shape index (κ2) is 5.42. The van der Waals surface area contributed by atoms with Gasteiger partial charge in [-0.05, 0) is 57.4 Å². The minimum atomic E-state index is -0.528. The largest absolute Gasteiger partial charge is 0.469 e. The number of carbonyl (C=O) groups excluding carboxylic acids is 1. The van der Waals surface area contributed by atoms with E-state index in [0.717, 1.165) is 5.69 Å². The summed E-state index contributed by atoms with van der Waals surface area (Å²) in [7, 11) is 1.42. The van der Waals surface area contributed by atoms with Crippen LogP contribution in [0.5, 0.6) is 0 Å². The molecule has 0 aromatic heterocycles. The third-order valence-corrected chi connectivity index (χ3v) is 3.30. The monoisotopic (exact) mass is 249 g/mol. The van der Waals surface area contributed by atoms with Gasteiger partial charge in [0.2, 0.25) is 0 Å². The maximum absolute atomic E-state index is 11.6. The maximum Gasteiger partial charge on any atom is 0.313 e. The number of benzene rings is 1. The van der Waals surface area contributed by atoms with Crippen molar-refractivity contribution >= 4 is 11.7 Å². The van der Waals surface area contributed by atoms with Crippen molar-refractivity contribution in [2.24, 2.45) is 5.41 Å². The van der Waals surface area contributed by atoms with E-state index in [4.69, 9.17) is 4.74 Å². The summed E-state index contributed by atoms with van der Waals surface area (Å²) in [5.74, 6) is -0.198. The molecule has 0 atom stereocenters. The Bertz CT molecular complexity index is 450. The number of ether oxygens (including phenoxy) is 1. The van der Waals surface area contributed by atoms with Crippen molar-refractivity contribution in [3.8, 4) is 0 Å². The van der Waals surface area contributed by atoms with Crippen LogP contribution in [0.2, 0.25) is 0 Å². The predicted octanol–water partition coefficient (Wildman–Crippen LogP) is 3.22. The van der Waals surface area contributed by atoms with Crippen molar-refractivity contribution in [2.75, 3.05) is 19.0 Å². The molecular formula is C15H23NO2. The fourth-order valence-electron chi connectivity index (χ4n) is 1.82. The summed E-state index contributed by atoms with van der Waals surface area (Å²) in [6.07, 6.45) is 0. The molecular weight excluding hydrogens is 226 g/mol. The lowest BCUT2D eigenvalue weighted by molar-refractivity contribution is -0.149. The molecule has 0 saturated heterocycles. The molecule has 3 nitrogen and oxygen atoms in total. The van der Waals surface area contributed by atoms with Crippen LogP contribution in [0.3, 0.4) is 0 Å². The summed E-state index contributed by atoms with van der Waals surface area (Å²) in [5.41, 5.74) is 4.28. The number of nitrogens with one attached hydrogen (secondary N) is 1. The van der Waals surface area contributed by atoms with E-state index in [9.17, 15) is 4.79 Å². The summed E-state index contributed by atoms with van der Waals surface area (Å²) in [4.78, 5) is 11.6. The lowest BCUT2D eigenvalue weighted by Gasteiger charge is -2.23. The van der Waals surface area contributed by atoms with E-state index in [1.165, 1.54) is 23.8 Å². The average Bonchev–Trinajstić information content (AvgIpc) is 2.31. The molecule has 0 heterocycles. The van der Waals surface area contributed by atoms with Gasteiger partial charge in [-0.25, -0.2) is 0 Å². The Labute approximate surface area is 110 Å². The van der Waals surface area contributed by atoms with Crippen LogP contribution in [-0.4, -0.2) is 19.6 Å². The van der Waals surface area contributed by atoms with E-state index in [1.807, 2.05) is 13.8 Å². The fraction of sp³-hybridized carbons (Fsp3) is 0.533. The van der Waals surface area contributed by atoms with Gasteiger partial charge in [0.1, 0.15) is 0 Å². The number of rotatable bonds is 4. The lowest BCUT2D eigenvalue weighted by Crippen LogP contribution is -2.33. The smallest absolute Gasteiger partial charge is 0.313 e. The first-order valence-electron chi connectivity index (χ1n) is 6.18. The van der Waals surface area contributed by atoms with E-state index in [1.54, 1.807) is 0 Å². The number of hydrogen-bond donors (Lipinski definition) is 1. The Hall–Kier alpha value is -1.51. The summed E-state index contributed by atoms with van der Waals surface area (Å²) >= 11 is 0. The van der Waals surface area contributed by atoms with Crippen LogP contribution in [0.4, 0.5) is 5.69 Å². The van der Waals surface area contributed by atoms with Crippen LogP contribution in [0.1, 0.15) is 30.5 Å². The third kappa shape index (κ3) is 3.25. The first kappa shape index (κ1) is 14.6. The molecule has 1 aromatic rings. The maximum atomic E-state index is 11.6. The highest BCUT2D eigenvalue weighted by molar-refractivity contribution is 5.76. The number of hydrogen-bond acceptors (Lipinski definition) is 3. The molecule has 0 radical (unpaired) electrons. The topological polar surface area (TPSA) is 38.3 Å². The Kier molecular flexibility index (Phi) is 4.38. The van der Waals surface area contributed by atoms with Crippen molar-refractivity contribution in [1.82, 2.24) is 0 Å². The minimum absolute atomic E-state index is 0.198. The zero-order chi connectivity index (χ0) is 13.9. The van der Waals surface area contributed by atoms with Gasteiger partial charge in [-0.15, -0.1) is 0 Å². The molecule has 18 heavy (non-hydrogen) atoms. The molecule has 0 aliphatic carbocycles. The molecule has 0 saturated carbocycles. The molecule has 0 aliphatic rings. The van der Waals surface area contributed by atoms with Gasteiger partial charge >= 0.3 is 5.97 Å². The Morgan fingerprint density at radius 3 is 2.28 bits per heavy atom. The standard InChI is InChI=1S/C15H23NO2/c1-10-7-12(3)13(8-11(10)2)16-9-15(4,5)14(17)18-6/h7-8,16H,9H2,1-6H3. The van der Waals surface area contributed by atoms with Crippen molar-refractivity contribution in [1.29, 1.82) is 0 Å². The highest BCUT2D eigenvalue weighted by Gasteiger charge is 2.28. The molecule has 0 fully saturated rings. The Morgan fingerprint density at radius 1 is 1.17 bits per heavy atom. The van der Waals surface area contributed by atoms with Gasteiger partial charge in [-0.1, -0.05) is 6.07 Å². The number of carbonyl (C=O) groups is 1. The van der Waals surface area contributed by atoms with E-state index in [2.05, 4.69) is 38.2 Å². The van der Waals surface area contributed by atoms with Gasteiger partial charge in [-0.3, -0.25) is 4.79 Å². The molecule has 100 valence electrons. The SMILES string of the molecule is COC(=O)C(C)(C)CNc1cc(C)c(C)cc1C. The lowest BCUT2D eigenvalue weighted by atomic mass is 9.93. The predicted molar refractivity (Wildman–Crippen MR) is 74.9 cm³/mol. The van der Waals surface area contributed by atoms with Gasteiger partial charge in [0.05, 0.1) is 12.5 Å². The van der Waals surface area contributed by atoms with Crippen LogP contribution in [-0.2, 0) is 9.53 Å². The number of esters is 1. The highest BCUT2D eigenvalue weighted by atomic mass is 16.5. The zero-order valence-corrected chi connectivity index (χ0v) is 12.2. The van der Waals surface area contributed by atoms with Gasteiger partial charge in [0.25, 0.3) is 0 Å². The first-order chi connectivity index (χ1) is 8.27. The highest BCUT2D eigenvalue weighted by Crippen LogP contribution is 2.23. The van der Waals surface area contributed by atoms with Crippen LogP contribution in [0, 0.1) is 26.2 Å². The van der Waals surface area contributed by atoms with E-state index < -0.39 is 5.41 Å². The van der Waals surface area contributed by atoms with E-state index in [0.29, 0.717) is 6.54 Å². The first-order valence-corrected chi connectivity index (χ1v) is 6.18. The second-order valence-electron chi connectivity index (χ2n) is 5.48. The van der Waals surface area contributed by atoms with Crippen molar-refractivity contribution in [3.05, 3.63) is 28.8 Å². The van der Waals surface area contributed by atoms with Crippen LogP contribution < -0.4 is 5.32 Å². The second-order valence-corrected chi connectivity index (χ2v) is 5.48. The van der Waals surface area contributed by atoms with E-state index >= 15 is 0 Å². The molecule has 1 rings (SSSR count). The number of anilines is 1. The van der Waals surface area contributed by atoms with Crippen LogP contribution in [0.15, 0.2) is 12.1 Å². The fourth-order valence-corrected chi connectivity index (χ4v) is 1.82. The molecule has 1 aromatic carbocycles. The number of methoxy groups -OCH3 is 1. The van der Waals surface area contributed by atoms with Gasteiger partial charge in [-0.2, -0.15) is 0 Å². The quantitative estimate of drug-likeness (QED) is 0.833. The summed E-state index contributed by atoms with van der Waals surface area (Å²) in [6.45, 7) is 10.6. The normalized spacial score (nSPS) is 11.2. The molecule has 1 N–H and O–H groups in total. The van der Waals surface area contributed by atoms with Gasteiger partial charge < -0.3 is 10.1 Å². The van der Waals surface area contributed by atoms with Gasteiger partial charge in [0, 0.05) is 12.2 Å². The van der Waals surface area contributed by atoms with E-state index in [-0.39, 0.29) is 5.97 Å². The van der Waals surface area contributed by atoms with Crippen molar-refractivity contribution < 1.29 is 9.53 Å². The average molecular weight is 249 g/mol. The molecule has 0 amide bonds. The molecule has 0 unspecified atom stereocenters. The van der Waals surface area contributed by atoms with Crippen LogP contribution >= 0.6 is 0 Å². The van der Waals surface area contributed by atoms with Gasteiger partial charge in [0.15, 0.2) is 0 Å². The van der Waals surface area contributed by atoms with Crippen LogP contribution in [0.25, 0.3) is 0 Å². The third-order valence-electron chi connectivity index (χ3n) is 3.30. The Morgan fingerprint density at radius 2 is 1.72 bits per heavy atom. The summed E-state index contributed by atoms with van der Waals surface area (Å²) in [6, 6.07) is 4.28. The van der Waals surface area contributed by atoms with Crippen molar-refractivity contribution in [3.63, 3.8) is 0 Å². The minimum Gasteiger partial charge on any atom is -0.469 e. The zero-order valence-electron chi connectivity index (χ0n) is 12.2. The van der Waals surface area contributed by atoms with Crippen molar-refractivity contribution in [2.45, 2.75) is 34.6 Å². The molecule has 0 aliphatic heterocycles. The molecule has 3 heteroatoms. The molecule has 0 bridgehead atoms.